The van der Waals surface area contributed by atoms with E-state index in [0.29, 0.717) is 0 Å². The van der Waals surface area contributed by atoms with Crippen molar-refractivity contribution in [2.24, 2.45) is 0 Å². The Bertz CT molecular complexity index is 966. The first kappa shape index (κ1) is 16.9. The lowest BCUT2D eigenvalue weighted by Crippen LogP contribution is -2.09. The summed E-state index contributed by atoms with van der Waals surface area (Å²) < 4.78 is 0. The Hall–Kier alpha value is -3.58. The number of benzene rings is 4. The van der Waals surface area contributed by atoms with Crippen molar-refractivity contribution in [2.45, 2.75) is 0 Å². The van der Waals surface area contributed by atoms with E-state index in [1.807, 2.05) is 18.2 Å². The van der Waals surface area contributed by atoms with Crippen LogP contribution in [0.3, 0.4) is 0 Å². The summed E-state index contributed by atoms with van der Waals surface area (Å²) in [6.45, 7) is 0. The molecule has 0 aliphatic rings. The largest absolute Gasteiger partial charge is 0.310 e. The highest BCUT2D eigenvalue weighted by molar-refractivity contribution is 5.79. The monoisotopic (exact) mass is 347 g/mol. The molecule has 0 heterocycles. The molecule has 0 amide bonds. The Morgan fingerprint density at radius 1 is 0.407 bits per heavy atom. The number of hydrogen-bond donors (Lipinski definition) is 0. The zero-order valence-corrected chi connectivity index (χ0v) is 15.1. The molecule has 0 radical (unpaired) electrons. The number of rotatable bonds is 5. The molecule has 4 rings (SSSR count). The molecule has 0 N–H and O–H groups in total. The molecule has 130 valence electrons. The van der Waals surface area contributed by atoms with Crippen LogP contribution in [0.1, 0.15) is 11.1 Å². The Balaban J connectivity index is 1.72. The molecule has 0 atom stereocenters. The van der Waals surface area contributed by atoms with Crippen molar-refractivity contribution in [3.05, 3.63) is 126 Å². The van der Waals surface area contributed by atoms with Crippen LogP contribution in [0.5, 0.6) is 0 Å². The van der Waals surface area contributed by atoms with Crippen LogP contribution < -0.4 is 4.90 Å². The van der Waals surface area contributed by atoms with Crippen LogP contribution in [0.4, 0.5) is 17.1 Å². The van der Waals surface area contributed by atoms with E-state index in [-0.39, 0.29) is 0 Å². The Morgan fingerprint density at radius 2 is 0.852 bits per heavy atom. The summed E-state index contributed by atoms with van der Waals surface area (Å²) in [5.74, 6) is 0. The van der Waals surface area contributed by atoms with Gasteiger partial charge >= 0.3 is 0 Å². The molecule has 27 heavy (non-hydrogen) atoms. The standard InChI is InChI=1S/C26H21N/c1-4-11-22(12-5-1)19-20-23-13-10-18-26(21-23)27(24-14-6-2-7-15-24)25-16-8-3-9-17-25/h1-21H/b20-19+. The first-order valence-electron chi connectivity index (χ1n) is 9.13. The molecule has 4 aromatic rings. The van der Waals surface area contributed by atoms with Crippen LogP contribution >= 0.6 is 0 Å². The average Bonchev–Trinajstić information content (AvgIpc) is 2.75. The first-order valence-corrected chi connectivity index (χ1v) is 9.13. The van der Waals surface area contributed by atoms with Gasteiger partial charge in [-0.1, -0.05) is 91.0 Å². The summed E-state index contributed by atoms with van der Waals surface area (Å²) in [6, 6.07) is 39.9. The van der Waals surface area contributed by atoms with E-state index < -0.39 is 0 Å². The summed E-state index contributed by atoms with van der Waals surface area (Å²) in [4.78, 5) is 2.28. The second kappa shape index (κ2) is 8.20. The normalized spacial score (nSPS) is 10.8. The molecule has 0 saturated heterocycles. The number of nitrogens with zero attached hydrogens (tertiary/aromatic N) is 1. The van der Waals surface area contributed by atoms with Gasteiger partial charge in [-0.25, -0.2) is 0 Å². The SMILES string of the molecule is C(=C\c1cccc(N(c2ccccc2)c2ccccc2)c1)/c1ccccc1. The maximum atomic E-state index is 2.28. The van der Waals surface area contributed by atoms with Crippen LogP contribution in [0.2, 0.25) is 0 Å². The van der Waals surface area contributed by atoms with Crippen molar-refractivity contribution in [1.82, 2.24) is 0 Å². The molecule has 0 spiro atoms. The number of hydrogen-bond acceptors (Lipinski definition) is 1. The van der Waals surface area contributed by atoms with Gasteiger partial charge < -0.3 is 4.90 Å². The maximum Gasteiger partial charge on any atom is 0.0467 e. The highest BCUT2D eigenvalue weighted by Gasteiger charge is 2.11. The average molecular weight is 347 g/mol. The third-order valence-electron chi connectivity index (χ3n) is 4.43. The molecule has 0 unspecified atom stereocenters. The van der Waals surface area contributed by atoms with Gasteiger partial charge in [0.2, 0.25) is 0 Å². The highest BCUT2D eigenvalue weighted by Crippen LogP contribution is 2.34. The van der Waals surface area contributed by atoms with Crippen molar-refractivity contribution in [3.8, 4) is 0 Å². The van der Waals surface area contributed by atoms with Crippen molar-refractivity contribution >= 4 is 29.2 Å². The molecule has 0 bridgehead atoms. The maximum absolute atomic E-state index is 2.28. The Morgan fingerprint density at radius 3 is 1.44 bits per heavy atom. The second-order valence-electron chi connectivity index (χ2n) is 6.35. The fourth-order valence-electron chi connectivity index (χ4n) is 3.13. The van der Waals surface area contributed by atoms with Gasteiger partial charge in [-0.05, 0) is 47.5 Å². The molecule has 0 aliphatic carbocycles. The third-order valence-corrected chi connectivity index (χ3v) is 4.43. The van der Waals surface area contributed by atoms with Gasteiger partial charge in [-0.2, -0.15) is 0 Å². The van der Waals surface area contributed by atoms with Gasteiger partial charge in [-0.3, -0.25) is 0 Å². The molecule has 0 saturated carbocycles. The van der Waals surface area contributed by atoms with Gasteiger partial charge in [0.05, 0.1) is 0 Å². The van der Waals surface area contributed by atoms with Crippen molar-refractivity contribution < 1.29 is 0 Å². The topological polar surface area (TPSA) is 3.24 Å². The lowest BCUT2D eigenvalue weighted by atomic mass is 10.1. The van der Waals surface area contributed by atoms with Crippen LogP contribution in [-0.2, 0) is 0 Å². The highest BCUT2D eigenvalue weighted by atomic mass is 15.1. The predicted octanol–water partition coefficient (Wildman–Crippen LogP) is 7.33. The first-order chi connectivity index (χ1) is 13.4. The van der Waals surface area contributed by atoms with Crippen molar-refractivity contribution in [3.63, 3.8) is 0 Å². The molecule has 0 aliphatic heterocycles. The van der Waals surface area contributed by atoms with Crippen molar-refractivity contribution in [1.29, 1.82) is 0 Å². The summed E-state index contributed by atoms with van der Waals surface area (Å²) >= 11 is 0. The van der Waals surface area contributed by atoms with Crippen LogP contribution in [0, 0.1) is 0 Å². The fraction of sp³-hybridized carbons (Fsp3) is 0. The molecular formula is C26H21N. The van der Waals surface area contributed by atoms with E-state index in [1.54, 1.807) is 0 Å². The summed E-state index contributed by atoms with van der Waals surface area (Å²) in [5.41, 5.74) is 5.81. The van der Waals surface area contributed by atoms with E-state index in [2.05, 4.69) is 114 Å². The minimum Gasteiger partial charge on any atom is -0.310 e. The lowest BCUT2D eigenvalue weighted by Gasteiger charge is -2.25. The summed E-state index contributed by atoms with van der Waals surface area (Å²) in [5, 5.41) is 0. The lowest BCUT2D eigenvalue weighted by molar-refractivity contribution is 1.28. The Labute approximate surface area is 160 Å². The molecule has 0 aromatic heterocycles. The van der Waals surface area contributed by atoms with E-state index in [9.17, 15) is 0 Å². The Kier molecular flexibility index (Phi) is 5.12. The molecule has 1 nitrogen and oxygen atoms in total. The minimum absolute atomic E-state index is 1.14. The van der Waals surface area contributed by atoms with E-state index in [4.69, 9.17) is 0 Å². The third kappa shape index (κ3) is 4.16. The molecule has 1 heteroatoms. The molecule has 0 fully saturated rings. The van der Waals surface area contributed by atoms with E-state index in [0.717, 1.165) is 17.1 Å². The van der Waals surface area contributed by atoms with Crippen molar-refractivity contribution in [2.75, 3.05) is 4.90 Å². The zero-order valence-electron chi connectivity index (χ0n) is 15.1. The summed E-state index contributed by atoms with van der Waals surface area (Å²) in [6.07, 6.45) is 4.31. The van der Waals surface area contributed by atoms with Gasteiger partial charge in [0.15, 0.2) is 0 Å². The number of para-hydroxylation sites is 2. The van der Waals surface area contributed by atoms with E-state index >= 15 is 0 Å². The quantitative estimate of drug-likeness (QED) is 0.342. The second-order valence-corrected chi connectivity index (χ2v) is 6.35. The fourth-order valence-corrected chi connectivity index (χ4v) is 3.13. The number of anilines is 3. The minimum atomic E-state index is 1.14. The van der Waals surface area contributed by atoms with Gasteiger partial charge in [-0.15, -0.1) is 0 Å². The van der Waals surface area contributed by atoms with Crippen LogP contribution in [-0.4, -0.2) is 0 Å². The van der Waals surface area contributed by atoms with Gasteiger partial charge in [0, 0.05) is 17.1 Å². The van der Waals surface area contributed by atoms with E-state index in [1.165, 1.54) is 11.1 Å². The van der Waals surface area contributed by atoms with Crippen LogP contribution in [0.25, 0.3) is 12.2 Å². The smallest absolute Gasteiger partial charge is 0.0467 e. The summed E-state index contributed by atoms with van der Waals surface area (Å²) in [7, 11) is 0. The molecular weight excluding hydrogens is 326 g/mol. The predicted molar refractivity (Wildman–Crippen MR) is 116 cm³/mol. The zero-order chi connectivity index (χ0) is 18.3. The van der Waals surface area contributed by atoms with Gasteiger partial charge in [0.1, 0.15) is 0 Å². The van der Waals surface area contributed by atoms with Crippen LogP contribution in [0.15, 0.2) is 115 Å². The van der Waals surface area contributed by atoms with Gasteiger partial charge in [0.25, 0.3) is 0 Å². The molecule has 4 aromatic carbocycles.